The van der Waals surface area contributed by atoms with Crippen molar-refractivity contribution in [2.24, 2.45) is 11.8 Å². The van der Waals surface area contributed by atoms with Crippen LogP contribution in [0.15, 0.2) is 107 Å². The maximum Gasteiger partial charge on any atom is 0.119 e. The van der Waals surface area contributed by atoms with E-state index in [9.17, 15) is 0 Å². The second-order valence-electron chi connectivity index (χ2n) is 12.0. The number of hydrogen-bond acceptors (Lipinski definition) is 6. The minimum absolute atomic E-state index is 0.312. The summed E-state index contributed by atoms with van der Waals surface area (Å²) in [5, 5.41) is 8.80. The Bertz CT molecular complexity index is 1550. The van der Waals surface area contributed by atoms with Crippen molar-refractivity contribution >= 4 is 16.7 Å². The number of fused-ring (bicyclic) bond motifs is 1. The molecule has 0 N–H and O–H groups in total. The number of allylic oxidation sites excluding steroid dienone is 4. The van der Waals surface area contributed by atoms with E-state index in [0.29, 0.717) is 31.5 Å². The van der Waals surface area contributed by atoms with Crippen LogP contribution in [0, 0.1) is 23.2 Å². The molecule has 6 rings (SSSR count). The summed E-state index contributed by atoms with van der Waals surface area (Å²) in [6, 6.07) is 29.6. The number of benzene rings is 3. The van der Waals surface area contributed by atoms with Crippen LogP contribution in [0.25, 0.3) is 4.91 Å². The Hall–Kier alpha value is -3.92. The topological polar surface area (TPSA) is 54.7 Å². The van der Waals surface area contributed by atoms with Gasteiger partial charge in [-0.3, -0.25) is 4.90 Å². The Kier molecular flexibility index (Phi) is 10.6. The van der Waals surface area contributed by atoms with Gasteiger partial charge in [0.2, 0.25) is 0 Å². The number of thioether (sulfide) groups is 1. The van der Waals surface area contributed by atoms with Crippen molar-refractivity contribution in [2.45, 2.75) is 45.6 Å². The van der Waals surface area contributed by atoms with Crippen LogP contribution in [-0.4, -0.2) is 37.7 Å². The third-order valence-electron chi connectivity index (χ3n) is 8.69. The maximum atomic E-state index is 8.80. The highest BCUT2D eigenvalue weighted by molar-refractivity contribution is 8.12. The monoisotopic (exact) mass is 618 g/mol. The standard InChI is InChI=1S/C39H42N2O3S/c1-29-25-35(44-28-31-9-3-2-4-10-31)27-37-38(29)36(39(45-37)32-13-17-34(18-14-32)42-23-8-5-19-40)26-30-11-15-33(16-12-30)43-24-22-41-20-6-7-21-41/h2-4,9-18,25,27,29,38H,5-8,20-24,26,28H2,1H3. The van der Waals surface area contributed by atoms with Crippen molar-refractivity contribution in [3.8, 4) is 17.6 Å². The van der Waals surface area contributed by atoms with Gasteiger partial charge in [-0.15, -0.1) is 0 Å². The first kappa shape index (κ1) is 31.1. The Labute approximate surface area is 272 Å². The quantitative estimate of drug-likeness (QED) is 0.168. The molecule has 1 aliphatic carbocycles. The Morgan fingerprint density at radius 3 is 2.29 bits per heavy atom. The van der Waals surface area contributed by atoms with Gasteiger partial charge in [-0.25, -0.2) is 0 Å². The average molecular weight is 619 g/mol. The molecular formula is C39H42N2O3S. The van der Waals surface area contributed by atoms with Crippen molar-refractivity contribution in [3.63, 3.8) is 0 Å². The molecule has 0 aromatic heterocycles. The molecule has 0 saturated carbocycles. The maximum absolute atomic E-state index is 8.80. The summed E-state index contributed by atoms with van der Waals surface area (Å²) in [5.41, 5.74) is 5.11. The summed E-state index contributed by atoms with van der Waals surface area (Å²) in [4.78, 5) is 5.14. The number of nitrogens with zero attached hydrogens (tertiary/aromatic N) is 2. The fourth-order valence-corrected chi connectivity index (χ4v) is 7.81. The highest BCUT2D eigenvalue weighted by Crippen LogP contribution is 2.55. The lowest BCUT2D eigenvalue weighted by Gasteiger charge is -2.26. The van der Waals surface area contributed by atoms with Crippen molar-refractivity contribution in [3.05, 3.63) is 124 Å². The zero-order chi connectivity index (χ0) is 30.8. The lowest BCUT2D eigenvalue weighted by Crippen LogP contribution is -2.25. The number of likely N-dealkylation sites (tertiary alicyclic amines) is 1. The molecule has 6 heteroatoms. The average Bonchev–Trinajstić information content (AvgIpc) is 3.72. The summed E-state index contributed by atoms with van der Waals surface area (Å²) in [7, 11) is 0. The zero-order valence-corrected chi connectivity index (χ0v) is 26.9. The Morgan fingerprint density at radius 1 is 0.844 bits per heavy atom. The molecule has 2 unspecified atom stereocenters. The van der Waals surface area contributed by atoms with E-state index < -0.39 is 0 Å². The Morgan fingerprint density at radius 2 is 1.56 bits per heavy atom. The van der Waals surface area contributed by atoms with Crippen molar-refractivity contribution < 1.29 is 14.2 Å². The first-order chi connectivity index (χ1) is 22.2. The van der Waals surface area contributed by atoms with Crippen LogP contribution < -0.4 is 9.47 Å². The summed E-state index contributed by atoms with van der Waals surface area (Å²) >= 11 is 1.87. The van der Waals surface area contributed by atoms with Gasteiger partial charge in [-0.1, -0.05) is 73.3 Å². The van der Waals surface area contributed by atoms with Crippen molar-refractivity contribution in [1.29, 1.82) is 5.26 Å². The zero-order valence-electron chi connectivity index (χ0n) is 26.1. The number of hydrogen-bond donors (Lipinski definition) is 0. The lowest BCUT2D eigenvalue weighted by atomic mass is 9.80. The van der Waals surface area contributed by atoms with Gasteiger partial charge in [0.25, 0.3) is 0 Å². The first-order valence-corrected chi connectivity index (χ1v) is 17.0. The van der Waals surface area contributed by atoms with E-state index in [-0.39, 0.29) is 0 Å². The molecule has 2 heterocycles. The minimum Gasteiger partial charge on any atom is -0.494 e. The molecule has 0 bridgehead atoms. The second kappa shape index (κ2) is 15.4. The van der Waals surface area contributed by atoms with E-state index in [1.807, 2.05) is 30.0 Å². The van der Waals surface area contributed by atoms with E-state index in [1.165, 1.54) is 58.0 Å². The van der Waals surface area contributed by atoms with E-state index in [4.69, 9.17) is 19.5 Å². The molecule has 1 saturated heterocycles. The molecule has 0 spiro atoms. The van der Waals surface area contributed by atoms with Gasteiger partial charge < -0.3 is 14.2 Å². The molecule has 232 valence electrons. The van der Waals surface area contributed by atoms with Crippen LogP contribution in [0.2, 0.25) is 0 Å². The van der Waals surface area contributed by atoms with E-state index in [2.05, 4.69) is 90.7 Å². The normalized spacial score (nSPS) is 19.5. The molecule has 3 aromatic carbocycles. The summed E-state index contributed by atoms with van der Waals surface area (Å²) in [6.07, 6.45) is 9.27. The van der Waals surface area contributed by atoms with Crippen molar-refractivity contribution in [1.82, 2.24) is 4.90 Å². The molecule has 3 aromatic rings. The largest absolute Gasteiger partial charge is 0.494 e. The van der Waals surface area contributed by atoms with Crippen LogP contribution >= 0.6 is 11.8 Å². The predicted octanol–water partition coefficient (Wildman–Crippen LogP) is 8.79. The van der Waals surface area contributed by atoms with Gasteiger partial charge in [0, 0.05) is 28.7 Å². The molecule has 5 nitrogen and oxygen atoms in total. The second-order valence-corrected chi connectivity index (χ2v) is 13.1. The molecule has 45 heavy (non-hydrogen) atoms. The summed E-state index contributed by atoms with van der Waals surface area (Å²) in [5.74, 6) is 3.35. The molecule has 1 fully saturated rings. The van der Waals surface area contributed by atoms with E-state index in [1.54, 1.807) is 0 Å². The van der Waals surface area contributed by atoms with Gasteiger partial charge in [0.1, 0.15) is 30.5 Å². The van der Waals surface area contributed by atoms with Crippen LogP contribution in [0.4, 0.5) is 0 Å². The summed E-state index contributed by atoms with van der Waals surface area (Å²) in [6.45, 7) is 7.55. The van der Waals surface area contributed by atoms with Gasteiger partial charge in [-0.2, -0.15) is 5.26 Å². The highest BCUT2D eigenvalue weighted by atomic mass is 32.2. The fraction of sp³-hybridized carbons (Fsp3) is 0.359. The number of unbranched alkanes of at least 4 members (excludes halogenated alkanes) is 1. The highest BCUT2D eigenvalue weighted by Gasteiger charge is 2.37. The SMILES string of the molecule is CC1C=C(OCc2ccccc2)C=C2SC(c3ccc(OCCCC#N)cc3)=C(Cc3ccc(OCCN4CCCC4)cc3)C21. The summed E-state index contributed by atoms with van der Waals surface area (Å²) < 4.78 is 18.3. The molecule has 0 radical (unpaired) electrons. The smallest absolute Gasteiger partial charge is 0.119 e. The van der Waals surface area contributed by atoms with Gasteiger partial charge >= 0.3 is 0 Å². The van der Waals surface area contributed by atoms with E-state index >= 15 is 0 Å². The molecule has 0 amide bonds. The Balaban J connectivity index is 1.18. The van der Waals surface area contributed by atoms with Gasteiger partial charge in [-0.05, 0) is 103 Å². The molecule has 2 aliphatic heterocycles. The third kappa shape index (κ3) is 8.22. The van der Waals surface area contributed by atoms with Crippen LogP contribution in [0.5, 0.6) is 11.5 Å². The minimum atomic E-state index is 0.312. The molecular weight excluding hydrogens is 577 g/mol. The van der Waals surface area contributed by atoms with Crippen LogP contribution in [0.3, 0.4) is 0 Å². The van der Waals surface area contributed by atoms with Gasteiger partial charge in [0.15, 0.2) is 0 Å². The lowest BCUT2D eigenvalue weighted by molar-refractivity contribution is 0.205. The number of nitriles is 1. The first-order valence-electron chi connectivity index (χ1n) is 16.2. The molecule has 2 atom stereocenters. The fourth-order valence-electron chi connectivity index (χ4n) is 6.33. The van der Waals surface area contributed by atoms with Crippen LogP contribution in [0.1, 0.15) is 49.3 Å². The third-order valence-corrected chi connectivity index (χ3v) is 10.00. The number of ether oxygens (including phenoxy) is 3. The molecule has 3 aliphatic rings. The predicted molar refractivity (Wildman–Crippen MR) is 183 cm³/mol. The van der Waals surface area contributed by atoms with E-state index in [0.717, 1.165) is 43.3 Å². The van der Waals surface area contributed by atoms with Crippen LogP contribution in [-0.2, 0) is 17.8 Å². The van der Waals surface area contributed by atoms with Crippen molar-refractivity contribution in [2.75, 3.05) is 32.8 Å². The van der Waals surface area contributed by atoms with Gasteiger partial charge in [0.05, 0.1) is 12.7 Å². The number of rotatable bonds is 14.